The molecule has 4 nitrogen and oxygen atoms in total. The number of carbonyl (C=O) groups excluding carboxylic acids is 1. The maximum Gasteiger partial charge on any atom is 0.248 e. The van der Waals surface area contributed by atoms with Crippen molar-refractivity contribution in [2.24, 2.45) is 0 Å². The second-order valence-electron chi connectivity index (χ2n) is 5.05. The van der Waals surface area contributed by atoms with Crippen molar-refractivity contribution in [3.8, 4) is 0 Å². The fraction of sp³-hybridized carbons (Fsp3) is 0.333. The predicted molar refractivity (Wildman–Crippen MR) is 86.2 cm³/mol. The monoisotopic (exact) mass is 325 g/mol. The lowest BCUT2D eigenvalue weighted by Crippen LogP contribution is -2.25. The normalized spacial score (nSPS) is 12.3. The van der Waals surface area contributed by atoms with Gasteiger partial charge < -0.3 is 5.32 Å². The second-order valence-corrected chi connectivity index (χ2v) is 5.87. The summed E-state index contributed by atoms with van der Waals surface area (Å²) in [6.45, 7) is 7.36. The molecule has 1 aromatic carbocycles. The van der Waals surface area contributed by atoms with E-state index in [0.29, 0.717) is 21.4 Å². The van der Waals surface area contributed by atoms with Gasteiger partial charge in [-0.05, 0) is 45.4 Å². The molecule has 2 rings (SSSR count). The van der Waals surface area contributed by atoms with Crippen LogP contribution in [0.5, 0.6) is 0 Å². The van der Waals surface area contributed by atoms with Crippen LogP contribution in [0, 0.1) is 20.8 Å². The first-order chi connectivity index (χ1) is 9.81. The van der Waals surface area contributed by atoms with Crippen molar-refractivity contribution in [2.45, 2.75) is 33.7 Å². The van der Waals surface area contributed by atoms with Crippen LogP contribution in [0.15, 0.2) is 18.2 Å². The van der Waals surface area contributed by atoms with Crippen LogP contribution in [0.25, 0.3) is 0 Å². The molecule has 0 radical (unpaired) electrons. The highest BCUT2D eigenvalue weighted by Crippen LogP contribution is 2.24. The number of nitrogens with one attached hydrogen (secondary N) is 1. The van der Waals surface area contributed by atoms with Crippen LogP contribution in [0.4, 0.5) is 5.69 Å². The van der Waals surface area contributed by atoms with E-state index in [2.05, 4.69) is 10.4 Å². The summed E-state index contributed by atoms with van der Waals surface area (Å²) in [5.41, 5.74) is 3.14. The summed E-state index contributed by atoms with van der Waals surface area (Å²) in [7, 11) is 0. The Hall–Kier alpha value is -1.52. The third-order valence-corrected chi connectivity index (χ3v) is 4.22. The van der Waals surface area contributed by atoms with Crippen LogP contribution in [0.1, 0.15) is 29.9 Å². The van der Waals surface area contributed by atoms with Crippen molar-refractivity contribution < 1.29 is 4.79 Å². The second kappa shape index (κ2) is 6.08. The Balaban J connectivity index is 2.23. The van der Waals surface area contributed by atoms with E-state index in [1.54, 1.807) is 23.7 Å². The number of benzene rings is 1. The van der Waals surface area contributed by atoms with E-state index in [4.69, 9.17) is 23.2 Å². The highest BCUT2D eigenvalue weighted by Gasteiger charge is 2.21. The Labute approximate surface area is 134 Å². The number of anilines is 1. The van der Waals surface area contributed by atoms with Crippen molar-refractivity contribution in [2.75, 3.05) is 5.32 Å². The average Bonchev–Trinajstić information content (AvgIpc) is 2.69. The molecule has 0 aliphatic heterocycles. The van der Waals surface area contributed by atoms with Crippen molar-refractivity contribution >= 4 is 34.8 Å². The first kappa shape index (κ1) is 15.9. The van der Waals surface area contributed by atoms with E-state index in [-0.39, 0.29) is 5.91 Å². The zero-order valence-electron chi connectivity index (χ0n) is 12.4. The molecule has 1 amide bonds. The largest absolute Gasteiger partial charge is 0.324 e. The molecule has 0 saturated heterocycles. The van der Waals surface area contributed by atoms with Gasteiger partial charge in [0.25, 0.3) is 0 Å². The topological polar surface area (TPSA) is 46.9 Å². The number of hydrogen-bond donors (Lipinski definition) is 1. The van der Waals surface area contributed by atoms with Gasteiger partial charge in [-0.3, -0.25) is 9.48 Å². The van der Waals surface area contributed by atoms with Gasteiger partial charge in [0.2, 0.25) is 5.91 Å². The molecule has 0 aliphatic carbocycles. The molecular weight excluding hydrogens is 309 g/mol. The molecular formula is C15H17Cl2N3O. The summed E-state index contributed by atoms with van der Waals surface area (Å²) in [4.78, 5) is 12.4. The zero-order valence-corrected chi connectivity index (χ0v) is 13.9. The Kier molecular flexibility index (Phi) is 4.59. The summed E-state index contributed by atoms with van der Waals surface area (Å²) in [5, 5.41) is 8.36. The van der Waals surface area contributed by atoms with Crippen LogP contribution in [0.3, 0.4) is 0 Å². The van der Waals surface area contributed by atoms with Gasteiger partial charge in [-0.1, -0.05) is 29.3 Å². The molecule has 1 unspecified atom stereocenters. The number of aryl methyl sites for hydroxylation is 2. The van der Waals surface area contributed by atoms with Crippen molar-refractivity contribution in [1.82, 2.24) is 9.78 Å². The molecule has 0 saturated carbocycles. The number of amides is 1. The molecule has 0 fully saturated rings. The highest BCUT2D eigenvalue weighted by molar-refractivity contribution is 6.32. The molecule has 112 valence electrons. The van der Waals surface area contributed by atoms with Gasteiger partial charge in [-0.25, -0.2) is 0 Å². The Morgan fingerprint density at radius 1 is 1.29 bits per heavy atom. The first-order valence-corrected chi connectivity index (χ1v) is 7.35. The number of carbonyl (C=O) groups is 1. The molecule has 2 aromatic rings. The lowest BCUT2D eigenvalue weighted by Gasteiger charge is -2.16. The molecule has 0 spiro atoms. The fourth-order valence-electron chi connectivity index (χ4n) is 2.10. The maximum absolute atomic E-state index is 12.4. The van der Waals surface area contributed by atoms with Crippen LogP contribution in [0.2, 0.25) is 10.0 Å². The SMILES string of the molecule is Cc1ccc(Cl)cc1NC(=O)C(C)n1nc(C)c(Cl)c1C. The van der Waals surface area contributed by atoms with Crippen molar-refractivity contribution in [3.05, 3.63) is 45.2 Å². The van der Waals surface area contributed by atoms with E-state index in [9.17, 15) is 4.79 Å². The average molecular weight is 326 g/mol. The minimum Gasteiger partial charge on any atom is -0.324 e. The van der Waals surface area contributed by atoms with E-state index >= 15 is 0 Å². The molecule has 1 atom stereocenters. The van der Waals surface area contributed by atoms with Gasteiger partial charge in [0.15, 0.2) is 0 Å². The minimum atomic E-state index is -0.463. The molecule has 21 heavy (non-hydrogen) atoms. The van der Waals surface area contributed by atoms with E-state index in [1.807, 2.05) is 26.8 Å². The maximum atomic E-state index is 12.4. The molecule has 1 heterocycles. The third-order valence-electron chi connectivity index (χ3n) is 3.44. The van der Waals surface area contributed by atoms with Crippen LogP contribution in [-0.2, 0) is 4.79 Å². The molecule has 1 N–H and O–H groups in total. The highest BCUT2D eigenvalue weighted by atomic mass is 35.5. The Morgan fingerprint density at radius 3 is 2.52 bits per heavy atom. The van der Waals surface area contributed by atoms with Gasteiger partial charge in [0, 0.05) is 10.7 Å². The van der Waals surface area contributed by atoms with Gasteiger partial charge >= 0.3 is 0 Å². The summed E-state index contributed by atoms with van der Waals surface area (Å²) in [6, 6.07) is 4.92. The van der Waals surface area contributed by atoms with Crippen LogP contribution < -0.4 is 5.32 Å². The molecule has 0 aliphatic rings. The lowest BCUT2D eigenvalue weighted by molar-refractivity contribution is -0.119. The van der Waals surface area contributed by atoms with Gasteiger partial charge in [0.1, 0.15) is 6.04 Å². The molecule has 1 aromatic heterocycles. The van der Waals surface area contributed by atoms with Crippen molar-refractivity contribution in [1.29, 1.82) is 0 Å². The van der Waals surface area contributed by atoms with Crippen LogP contribution >= 0.6 is 23.2 Å². The Morgan fingerprint density at radius 2 is 1.95 bits per heavy atom. The standard InChI is InChI=1S/C15H17Cl2N3O/c1-8-5-6-12(16)7-13(8)18-15(21)11(4)20-10(3)14(17)9(2)19-20/h5-7,11H,1-4H3,(H,18,21). The van der Waals surface area contributed by atoms with Gasteiger partial charge in [0.05, 0.1) is 16.4 Å². The van der Waals surface area contributed by atoms with E-state index in [1.165, 1.54) is 0 Å². The number of nitrogens with zero attached hydrogens (tertiary/aromatic N) is 2. The Bertz CT molecular complexity index is 694. The summed E-state index contributed by atoms with van der Waals surface area (Å²) < 4.78 is 1.63. The number of halogens is 2. The van der Waals surface area contributed by atoms with Crippen molar-refractivity contribution in [3.63, 3.8) is 0 Å². The van der Waals surface area contributed by atoms with E-state index < -0.39 is 6.04 Å². The minimum absolute atomic E-state index is 0.164. The molecule has 0 bridgehead atoms. The van der Waals surface area contributed by atoms with Gasteiger partial charge in [-0.15, -0.1) is 0 Å². The fourth-order valence-corrected chi connectivity index (χ4v) is 2.39. The number of aromatic nitrogens is 2. The summed E-state index contributed by atoms with van der Waals surface area (Å²) in [6.07, 6.45) is 0. The molecule has 6 heteroatoms. The predicted octanol–water partition coefficient (Wildman–Crippen LogP) is 4.31. The summed E-state index contributed by atoms with van der Waals surface area (Å²) >= 11 is 12.1. The van der Waals surface area contributed by atoms with E-state index in [0.717, 1.165) is 11.3 Å². The quantitative estimate of drug-likeness (QED) is 0.913. The number of rotatable bonds is 3. The smallest absolute Gasteiger partial charge is 0.248 e. The third kappa shape index (κ3) is 3.22. The zero-order chi connectivity index (χ0) is 15.7. The van der Waals surface area contributed by atoms with Gasteiger partial charge in [-0.2, -0.15) is 5.10 Å². The summed E-state index contributed by atoms with van der Waals surface area (Å²) in [5.74, 6) is -0.164. The lowest BCUT2D eigenvalue weighted by atomic mass is 10.2. The first-order valence-electron chi connectivity index (χ1n) is 6.59. The van der Waals surface area contributed by atoms with Crippen LogP contribution in [-0.4, -0.2) is 15.7 Å². The number of hydrogen-bond acceptors (Lipinski definition) is 2.